The molecule has 2 aromatic carbocycles. The van der Waals surface area contributed by atoms with Crippen molar-refractivity contribution in [2.24, 2.45) is 17.6 Å². The molecule has 0 saturated carbocycles. The lowest BCUT2D eigenvalue weighted by Crippen LogP contribution is -2.53. The molecule has 3 aliphatic rings. The second-order valence-electron chi connectivity index (χ2n) is 9.47. The summed E-state index contributed by atoms with van der Waals surface area (Å²) in [5, 5.41) is 6.67. The Morgan fingerprint density at radius 2 is 1.76 bits per heavy atom. The molecule has 1 spiro atoms. The van der Waals surface area contributed by atoms with E-state index in [2.05, 4.69) is 10.6 Å². The van der Waals surface area contributed by atoms with Gasteiger partial charge in [-0.1, -0.05) is 23.7 Å². The van der Waals surface area contributed by atoms with Crippen LogP contribution < -0.4 is 21.3 Å². The van der Waals surface area contributed by atoms with E-state index < -0.39 is 41.1 Å². The first kappa shape index (κ1) is 22.6. The molecular weight excluding hydrogens is 456 g/mol. The lowest BCUT2D eigenvalue weighted by atomic mass is 9.76. The highest BCUT2D eigenvalue weighted by Crippen LogP contribution is 2.55. The van der Waals surface area contributed by atoms with Gasteiger partial charge in [0, 0.05) is 23.0 Å². The van der Waals surface area contributed by atoms with Crippen LogP contribution in [0.4, 0.5) is 11.4 Å². The van der Waals surface area contributed by atoms with Crippen LogP contribution in [0.1, 0.15) is 35.1 Å². The summed E-state index contributed by atoms with van der Waals surface area (Å²) >= 11 is 6.29. The number of amides is 4. The van der Waals surface area contributed by atoms with Crippen molar-refractivity contribution in [3.05, 3.63) is 57.6 Å². The summed E-state index contributed by atoms with van der Waals surface area (Å²) in [7, 11) is 0. The van der Waals surface area contributed by atoms with Crippen molar-refractivity contribution in [2.45, 2.75) is 45.2 Å². The number of nitrogens with zero attached hydrogens (tertiary/aromatic N) is 1. The fraction of sp³-hybridized carbons (Fsp3) is 0.360. The normalized spacial score (nSPS) is 27.4. The van der Waals surface area contributed by atoms with Gasteiger partial charge in [-0.05, 0) is 62.1 Å². The predicted octanol–water partition coefficient (Wildman–Crippen LogP) is 2.46. The van der Waals surface area contributed by atoms with E-state index in [4.69, 9.17) is 17.3 Å². The minimum absolute atomic E-state index is 0.0239. The van der Waals surface area contributed by atoms with Crippen molar-refractivity contribution in [3.8, 4) is 0 Å². The molecule has 3 aliphatic heterocycles. The molecule has 176 valence electrons. The third-order valence-corrected chi connectivity index (χ3v) is 7.66. The zero-order valence-electron chi connectivity index (χ0n) is 19.1. The third-order valence-electron chi connectivity index (χ3n) is 7.25. The topological polar surface area (TPSA) is 122 Å². The number of halogens is 1. The Bertz CT molecular complexity index is 1270. The summed E-state index contributed by atoms with van der Waals surface area (Å²) in [5.41, 5.74) is 8.07. The van der Waals surface area contributed by atoms with Crippen LogP contribution >= 0.6 is 11.6 Å². The number of anilines is 2. The number of benzene rings is 2. The van der Waals surface area contributed by atoms with Crippen molar-refractivity contribution >= 4 is 46.6 Å². The van der Waals surface area contributed by atoms with E-state index in [1.807, 2.05) is 19.9 Å². The number of carbonyl (C=O) groups is 4. The van der Waals surface area contributed by atoms with Gasteiger partial charge in [0.2, 0.25) is 23.6 Å². The van der Waals surface area contributed by atoms with Gasteiger partial charge in [-0.15, -0.1) is 0 Å². The average molecular weight is 481 g/mol. The van der Waals surface area contributed by atoms with E-state index in [0.717, 1.165) is 11.1 Å². The van der Waals surface area contributed by atoms with Crippen LogP contribution in [0, 0.1) is 32.6 Å². The smallest absolute Gasteiger partial charge is 0.250 e. The Morgan fingerprint density at radius 3 is 2.41 bits per heavy atom. The van der Waals surface area contributed by atoms with Gasteiger partial charge in [-0.2, -0.15) is 0 Å². The number of nitrogens with one attached hydrogen (secondary N) is 2. The highest BCUT2D eigenvalue weighted by molar-refractivity contribution is 6.32. The molecule has 2 fully saturated rings. The first-order valence-electron chi connectivity index (χ1n) is 11.2. The van der Waals surface area contributed by atoms with E-state index >= 15 is 0 Å². The summed E-state index contributed by atoms with van der Waals surface area (Å²) in [4.78, 5) is 54.0. The molecule has 0 bridgehead atoms. The largest absolute Gasteiger partial charge is 0.370 e. The van der Waals surface area contributed by atoms with Crippen LogP contribution in [0.15, 0.2) is 30.3 Å². The summed E-state index contributed by atoms with van der Waals surface area (Å²) in [5.74, 6) is -3.54. The molecule has 8 nitrogen and oxygen atoms in total. The van der Waals surface area contributed by atoms with Crippen LogP contribution in [-0.4, -0.2) is 29.7 Å². The maximum Gasteiger partial charge on any atom is 0.250 e. The number of rotatable bonds is 4. The van der Waals surface area contributed by atoms with Crippen molar-refractivity contribution < 1.29 is 19.2 Å². The molecule has 5 rings (SSSR count). The molecule has 2 aromatic rings. The van der Waals surface area contributed by atoms with Gasteiger partial charge < -0.3 is 11.1 Å². The maximum absolute atomic E-state index is 13.9. The van der Waals surface area contributed by atoms with Crippen LogP contribution in [0.3, 0.4) is 0 Å². The Hall–Kier alpha value is -3.23. The second-order valence-corrected chi connectivity index (χ2v) is 9.88. The Labute approximate surface area is 201 Å². The highest BCUT2D eigenvalue weighted by atomic mass is 35.5. The van der Waals surface area contributed by atoms with Gasteiger partial charge in [-0.25, -0.2) is 4.90 Å². The van der Waals surface area contributed by atoms with Gasteiger partial charge in [-0.3, -0.25) is 24.5 Å². The van der Waals surface area contributed by atoms with Gasteiger partial charge >= 0.3 is 0 Å². The van der Waals surface area contributed by atoms with Crippen molar-refractivity contribution in [1.29, 1.82) is 0 Å². The van der Waals surface area contributed by atoms with Crippen molar-refractivity contribution in [2.75, 3.05) is 10.2 Å². The number of hydrogen-bond donors (Lipinski definition) is 3. The quantitative estimate of drug-likeness (QED) is 0.580. The number of primary amides is 1. The molecule has 4 amide bonds. The summed E-state index contributed by atoms with van der Waals surface area (Å²) < 4.78 is 0. The van der Waals surface area contributed by atoms with Crippen molar-refractivity contribution in [3.63, 3.8) is 0 Å². The number of hydrogen-bond acceptors (Lipinski definition) is 5. The number of fused-ring (bicyclic) bond motifs is 4. The van der Waals surface area contributed by atoms with E-state index in [0.29, 0.717) is 27.5 Å². The number of aryl methyl sites for hydroxylation is 2. The van der Waals surface area contributed by atoms with Gasteiger partial charge in [0.05, 0.1) is 23.2 Å². The van der Waals surface area contributed by atoms with E-state index in [9.17, 15) is 19.2 Å². The monoisotopic (exact) mass is 480 g/mol. The molecule has 34 heavy (non-hydrogen) atoms. The summed E-state index contributed by atoms with van der Waals surface area (Å²) in [6.07, 6.45) is 0.253. The highest BCUT2D eigenvalue weighted by Gasteiger charge is 2.70. The SMILES string of the molecule is Cc1cc(C)cc(N2C(=O)[C@@H]3[C@H](CCC(N)=O)N[C@]4(C(=O)Nc5c4ccc(Cl)c5C)[C@@H]3C2=O)c1. The van der Waals surface area contributed by atoms with Gasteiger partial charge in [0.1, 0.15) is 5.54 Å². The fourth-order valence-corrected chi connectivity index (χ4v) is 6.03. The van der Waals surface area contributed by atoms with Crippen molar-refractivity contribution in [1.82, 2.24) is 5.32 Å². The molecule has 9 heteroatoms. The lowest BCUT2D eigenvalue weighted by Gasteiger charge is -2.29. The van der Waals surface area contributed by atoms with Gasteiger partial charge in [0.15, 0.2) is 0 Å². The molecule has 0 aromatic heterocycles. The molecule has 0 unspecified atom stereocenters. The van der Waals surface area contributed by atoms with Crippen LogP contribution in [0.2, 0.25) is 5.02 Å². The van der Waals surface area contributed by atoms with Crippen LogP contribution in [-0.2, 0) is 24.7 Å². The van der Waals surface area contributed by atoms with Crippen LogP contribution in [0.25, 0.3) is 0 Å². The molecule has 2 saturated heterocycles. The van der Waals surface area contributed by atoms with E-state index in [-0.39, 0.29) is 18.7 Å². The average Bonchev–Trinajstić information content (AvgIpc) is 3.33. The minimum atomic E-state index is -1.45. The second kappa shape index (κ2) is 7.65. The molecule has 0 aliphatic carbocycles. The molecule has 4 atom stereocenters. The van der Waals surface area contributed by atoms with E-state index in [1.54, 1.807) is 31.2 Å². The summed E-state index contributed by atoms with van der Waals surface area (Å²) in [6.45, 7) is 5.59. The summed E-state index contributed by atoms with van der Waals surface area (Å²) in [6, 6.07) is 8.36. The predicted molar refractivity (Wildman–Crippen MR) is 127 cm³/mol. The molecular formula is C25H25ClN4O4. The Balaban J connectivity index is 1.68. The molecule has 0 radical (unpaired) electrons. The third kappa shape index (κ3) is 3.02. The van der Waals surface area contributed by atoms with E-state index in [1.165, 1.54) is 4.90 Å². The zero-order valence-corrected chi connectivity index (χ0v) is 19.8. The first-order valence-corrected chi connectivity index (χ1v) is 11.6. The maximum atomic E-state index is 13.9. The number of carbonyl (C=O) groups excluding carboxylic acids is 4. The molecule has 4 N–H and O–H groups in total. The molecule has 3 heterocycles. The first-order chi connectivity index (χ1) is 16.1. The standard InChI is InChI=1S/C25H25ClN4O4/c1-11-8-12(2)10-14(9-11)30-22(32)19-17(6-7-18(27)31)29-25(20(19)23(30)33)15-4-5-16(26)13(3)21(15)28-24(25)34/h4-5,8-10,17,19-20,29H,6-7H2,1-3H3,(H2,27,31)(H,28,34)/t17-,19+,20-,25-/m0/s1. The fourth-order valence-electron chi connectivity index (χ4n) is 5.87. The lowest BCUT2D eigenvalue weighted by molar-refractivity contribution is -0.130. The Morgan fingerprint density at radius 1 is 1.09 bits per heavy atom. The zero-order chi connectivity index (χ0) is 24.5. The number of nitrogens with two attached hydrogens (primary N) is 1. The Kier molecular flexibility index (Phi) is 5.07. The number of imide groups is 1. The minimum Gasteiger partial charge on any atom is -0.370 e. The van der Waals surface area contributed by atoms with Crippen LogP contribution in [0.5, 0.6) is 0 Å². The van der Waals surface area contributed by atoms with Gasteiger partial charge in [0.25, 0.3) is 0 Å².